The number of ether oxygens (including phenoxy) is 1. The van der Waals surface area contributed by atoms with Gasteiger partial charge in [0.1, 0.15) is 0 Å². The van der Waals surface area contributed by atoms with Crippen molar-refractivity contribution in [1.29, 1.82) is 0 Å². The fraction of sp³-hybridized carbons (Fsp3) is 0.650. The van der Waals surface area contributed by atoms with Gasteiger partial charge >= 0.3 is 6.09 Å². The number of benzene rings is 1. The number of fused-ring (bicyclic) bond motifs is 1. The van der Waals surface area contributed by atoms with Gasteiger partial charge in [0.05, 0.1) is 6.04 Å². The van der Waals surface area contributed by atoms with E-state index in [0.717, 1.165) is 81.5 Å². The van der Waals surface area contributed by atoms with Gasteiger partial charge in [-0.05, 0) is 66.8 Å². The first-order valence-electron chi connectivity index (χ1n) is 9.72. The van der Waals surface area contributed by atoms with Gasteiger partial charge in [-0.25, -0.2) is 4.79 Å². The van der Waals surface area contributed by atoms with Crippen LogP contribution < -0.4 is 0 Å². The normalized spacial score (nSPS) is 24.7. The summed E-state index contributed by atoms with van der Waals surface area (Å²) in [6.45, 7) is 5.47. The van der Waals surface area contributed by atoms with Crippen LogP contribution >= 0.6 is 11.6 Å². The van der Waals surface area contributed by atoms with Crippen LogP contribution in [0.4, 0.5) is 4.79 Å². The van der Waals surface area contributed by atoms with Gasteiger partial charge in [0, 0.05) is 44.4 Å². The molecule has 3 aliphatic rings. The number of hydrogen-bond donors (Lipinski definition) is 1. The fourth-order valence-corrected chi connectivity index (χ4v) is 5.07. The minimum atomic E-state index is -0.821. The molecular formula is C20H27ClN2O3. The third kappa shape index (κ3) is 3.71. The van der Waals surface area contributed by atoms with E-state index in [1.165, 1.54) is 11.1 Å². The monoisotopic (exact) mass is 378 g/mol. The van der Waals surface area contributed by atoms with Crippen molar-refractivity contribution in [2.24, 2.45) is 5.92 Å². The van der Waals surface area contributed by atoms with Crippen molar-refractivity contribution in [1.82, 2.24) is 9.80 Å². The van der Waals surface area contributed by atoms with Crippen molar-refractivity contribution in [2.45, 2.75) is 44.7 Å². The summed E-state index contributed by atoms with van der Waals surface area (Å²) >= 11 is 6.43. The van der Waals surface area contributed by atoms with Crippen LogP contribution in [0.15, 0.2) is 12.1 Å². The summed E-state index contributed by atoms with van der Waals surface area (Å²) in [5, 5.41) is 10.2. The molecule has 4 rings (SSSR count). The van der Waals surface area contributed by atoms with Gasteiger partial charge in [0.2, 0.25) is 0 Å². The van der Waals surface area contributed by atoms with Gasteiger partial charge in [-0.1, -0.05) is 11.6 Å². The van der Waals surface area contributed by atoms with E-state index in [9.17, 15) is 9.90 Å². The van der Waals surface area contributed by atoms with Gasteiger partial charge < -0.3 is 14.7 Å². The smallest absolute Gasteiger partial charge is 0.407 e. The van der Waals surface area contributed by atoms with Gasteiger partial charge in [0.25, 0.3) is 0 Å². The van der Waals surface area contributed by atoms with Crippen molar-refractivity contribution >= 4 is 17.7 Å². The van der Waals surface area contributed by atoms with Crippen LogP contribution in [0, 0.1) is 5.92 Å². The molecule has 1 N–H and O–H groups in total. The number of hydrogen-bond acceptors (Lipinski definition) is 3. The molecule has 3 heterocycles. The van der Waals surface area contributed by atoms with E-state index in [2.05, 4.69) is 11.0 Å². The average Bonchev–Trinajstić information content (AvgIpc) is 3.11. The van der Waals surface area contributed by atoms with Crippen LogP contribution in [0.5, 0.6) is 0 Å². The van der Waals surface area contributed by atoms with E-state index in [1.54, 1.807) is 4.90 Å². The highest BCUT2D eigenvalue weighted by Gasteiger charge is 2.33. The minimum Gasteiger partial charge on any atom is -0.465 e. The van der Waals surface area contributed by atoms with E-state index in [0.29, 0.717) is 6.54 Å². The molecule has 0 aliphatic carbocycles. The van der Waals surface area contributed by atoms with Crippen molar-refractivity contribution in [3.8, 4) is 0 Å². The SMILES string of the molecule is O=C(O)N1CCC[C@H]1c1cc(Cl)cc2c1CCN(CC1CCOCC1)C2. The first kappa shape index (κ1) is 18.1. The third-order valence-corrected chi connectivity index (χ3v) is 6.35. The maximum atomic E-state index is 11.6. The lowest BCUT2D eigenvalue weighted by Crippen LogP contribution is -2.37. The quantitative estimate of drug-likeness (QED) is 0.865. The summed E-state index contributed by atoms with van der Waals surface area (Å²) in [4.78, 5) is 15.7. The van der Waals surface area contributed by atoms with Crippen LogP contribution in [0.1, 0.15) is 48.4 Å². The molecule has 0 saturated carbocycles. The molecule has 26 heavy (non-hydrogen) atoms. The van der Waals surface area contributed by atoms with Crippen LogP contribution in [-0.2, 0) is 17.7 Å². The van der Waals surface area contributed by atoms with Crippen LogP contribution in [0.2, 0.25) is 5.02 Å². The molecule has 0 spiro atoms. The Morgan fingerprint density at radius 2 is 2.04 bits per heavy atom. The molecule has 5 nitrogen and oxygen atoms in total. The lowest BCUT2D eigenvalue weighted by molar-refractivity contribution is 0.0505. The predicted octanol–water partition coefficient (Wildman–Crippen LogP) is 3.94. The van der Waals surface area contributed by atoms with Crippen LogP contribution in [0.25, 0.3) is 0 Å². The van der Waals surface area contributed by atoms with Gasteiger partial charge in [-0.2, -0.15) is 0 Å². The fourth-order valence-electron chi connectivity index (χ4n) is 4.82. The largest absolute Gasteiger partial charge is 0.465 e. The Kier molecular flexibility index (Phi) is 5.39. The maximum Gasteiger partial charge on any atom is 0.407 e. The zero-order chi connectivity index (χ0) is 18.1. The first-order chi connectivity index (χ1) is 12.6. The Morgan fingerprint density at radius 1 is 1.23 bits per heavy atom. The first-order valence-corrected chi connectivity index (χ1v) is 10.1. The van der Waals surface area contributed by atoms with Gasteiger partial charge in [0.15, 0.2) is 0 Å². The second-order valence-electron chi connectivity index (χ2n) is 7.81. The van der Waals surface area contributed by atoms with E-state index in [4.69, 9.17) is 16.3 Å². The molecule has 2 fully saturated rings. The highest BCUT2D eigenvalue weighted by molar-refractivity contribution is 6.30. The summed E-state index contributed by atoms with van der Waals surface area (Å²) in [6.07, 6.45) is 4.28. The summed E-state index contributed by atoms with van der Waals surface area (Å²) < 4.78 is 5.47. The van der Waals surface area contributed by atoms with E-state index >= 15 is 0 Å². The zero-order valence-corrected chi connectivity index (χ0v) is 15.9. The zero-order valence-electron chi connectivity index (χ0n) is 15.1. The van der Waals surface area contributed by atoms with Gasteiger partial charge in [-0.15, -0.1) is 0 Å². The van der Waals surface area contributed by atoms with Crippen LogP contribution in [-0.4, -0.2) is 53.8 Å². The summed E-state index contributed by atoms with van der Waals surface area (Å²) in [7, 11) is 0. The minimum absolute atomic E-state index is 0.0398. The second-order valence-corrected chi connectivity index (χ2v) is 8.24. The number of nitrogens with zero attached hydrogens (tertiary/aromatic N) is 2. The van der Waals surface area contributed by atoms with E-state index in [-0.39, 0.29) is 6.04 Å². The molecule has 6 heteroatoms. The van der Waals surface area contributed by atoms with Crippen molar-refractivity contribution in [3.05, 3.63) is 33.8 Å². The number of halogens is 1. The molecular weight excluding hydrogens is 352 g/mol. The number of rotatable bonds is 3. The van der Waals surface area contributed by atoms with Crippen LogP contribution in [0.3, 0.4) is 0 Å². The van der Waals surface area contributed by atoms with E-state index in [1.807, 2.05) is 6.07 Å². The standard InChI is InChI=1S/C20H27ClN2O3/c21-16-10-15-13-22(12-14-4-8-26-9-5-14)7-3-17(15)18(11-16)19-2-1-6-23(19)20(24)25/h10-11,14,19H,1-9,12-13H2,(H,24,25)/t19-/m0/s1. The molecule has 142 valence electrons. The maximum absolute atomic E-state index is 11.6. The molecule has 0 aromatic heterocycles. The Labute approximate surface area is 159 Å². The lowest BCUT2D eigenvalue weighted by atomic mass is 9.89. The molecule has 2 saturated heterocycles. The lowest BCUT2D eigenvalue weighted by Gasteiger charge is -2.35. The van der Waals surface area contributed by atoms with Crippen molar-refractivity contribution < 1.29 is 14.6 Å². The van der Waals surface area contributed by atoms with Gasteiger partial charge in [-0.3, -0.25) is 4.90 Å². The number of carbonyl (C=O) groups is 1. The molecule has 0 unspecified atom stereocenters. The highest BCUT2D eigenvalue weighted by atomic mass is 35.5. The molecule has 3 aliphatic heterocycles. The summed E-state index contributed by atoms with van der Waals surface area (Å²) in [5.74, 6) is 0.723. The Morgan fingerprint density at radius 3 is 2.81 bits per heavy atom. The topological polar surface area (TPSA) is 53.0 Å². The van der Waals surface area contributed by atoms with Crippen molar-refractivity contribution in [3.63, 3.8) is 0 Å². The summed E-state index contributed by atoms with van der Waals surface area (Å²) in [5.41, 5.74) is 3.75. The molecule has 0 bridgehead atoms. The molecule has 1 aromatic rings. The molecule has 1 aromatic carbocycles. The van der Waals surface area contributed by atoms with Crippen molar-refractivity contribution in [2.75, 3.05) is 32.8 Å². The Hall–Kier alpha value is -1.30. The van der Waals surface area contributed by atoms with E-state index < -0.39 is 6.09 Å². The molecule has 1 atom stereocenters. The molecule has 0 radical (unpaired) electrons. The summed E-state index contributed by atoms with van der Waals surface area (Å²) in [6, 6.07) is 4.04. The number of carboxylic acid groups (broad SMARTS) is 1. The average molecular weight is 379 g/mol. The molecule has 1 amide bonds. The Bertz CT molecular complexity index is 675. The Balaban J connectivity index is 1.54. The third-order valence-electron chi connectivity index (χ3n) is 6.13. The highest BCUT2D eigenvalue weighted by Crippen LogP contribution is 2.38. The second kappa shape index (κ2) is 7.75. The predicted molar refractivity (Wildman–Crippen MR) is 101 cm³/mol. The number of likely N-dealkylation sites (tertiary alicyclic amines) is 1. The number of amides is 1.